The third-order valence-electron chi connectivity index (χ3n) is 5.76. The second-order valence-corrected chi connectivity index (χ2v) is 11.6. The summed E-state index contributed by atoms with van der Waals surface area (Å²) in [5.74, 6) is 0. The van der Waals surface area contributed by atoms with Gasteiger partial charge in [0.2, 0.25) is 18.2 Å². The van der Waals surface area contributed by atoms with E-state index in [-0.39, 0.29) is 15.6 Å². The van der Waals surface area contributed by atoms with Crippen LogP contribution in [-0.2, 0) is 4.57 Å². The van der Waals surface area contributed by atoms with Gasteiger partial charge in [0.1, 0.15) is 0 Å². The zero-order chi connectivity index (χ0) is 21.3. The summed E-state index contributed by atoms with van der Waals surface area (Å²) in [6.45, 7) is 5.60. The number of hydrogen-bond donors (Lipinski definition) is 0. The Bertz CT molecular complexity index is 980. The Morgan fingerprint density at radius 3 is 1.86 bits per heavy atom. The van der Waals surface area contributed by atoms with E-state index in [0.717, 1.165) is 36.0 Å². The molecule has 0 heterocycles. The number of rotatable bonds is 5. The van der Waals surface area contributed by atoms with Gasteiger partial charge in [-0.3, -0.25) is 9.59 Å². The highest BCUT2D eigenvalue weighted by Gasteiger charge is 2.49. The zero-order valence-electron chi connectivity index (χ0n) is 16.9. The van der Waals surface area contributed by atoms with Gasteiger partial charge in [0.05, 0.1) is 15.6 Å². The summed E-state index contributed by atoms with van der Waals surface area (Å²) in [6.07, 6.45) is 3.94. The molecule has 0 N–H and O–H groups in total. The lowest BCUT2D eigenvalue weighted by Crippen LogP contribution is -2.25. The molecule has 3 nitrogen and oxygen atoms in total. The summed E-state index contributed by atoms with van der Waals surface area (Å²) < 4.78 is 14.4. The van der Waals surface area contributed by atoms with E-state index in [0.29, 0.717) is 18.4 Å². The Balaban J connectivity index is 2.21. The standard InChI is InChI=1S/C23H25Cl2O3P/c1-14-12-15(2)20(16(3)13-14)22(26)29(28,17-8-5-4-6-9-17)23(27)21-18(24)10-7-11-19(21)25/h7,10-13,17H,4-6,8-9H2,1-3H3. The second kappa shape index (κ2) is 8.76. The molecule has 1 aliphatic rings. The van der Waals surface area contributed by atoms with E-state index < -0.39 is 23.8 Å². The number of benzene rings is 2. The quantitative estimate of drug-likeness (QED) is 0.440. The first-order valence-electron chi connectivity index (χ1n) is 9.89. The van der Waals surface area contributed by atoms with Crippen LogP contribution in [0.2, 0.25) is 10.0 Å². The topological polar surface area (TPSA) is 51.2 Å². The van der Waals surface area contributed by atoms with Gasteiger partial charge in [-0.25, -0.2) is 0 Å². The van der Waals surface area contributed by atoms with E-state index in [9.17, 15) is 14.2 Å². The van der Waals surface area contributed by atoms with E-state index in [1.807, 2.05) is 32.9 Å². The van der Waals surface area contributed by atoms with Crippen molar-refractivity contribution in [2.45, 2.75) is 58.5 Å². The monoisotopic (exact) mass is 450 g/mol. The van der Waals surface area contributed by atoms with Crippen molar-refractivity contribution in [3.8, 4) is 0 Å². The molecule has 0 aliphatic heterocycles. The molecule has 0 saturated heterocycles. The van der Waals surface area contributed by atoms with Crippen molar-refractivity contribution in [3.05, 3.63) is 68.2 Å². The van der Waals surface area contributed by atoms with Crippen LogP contribution in [0.3, 0.4) is 0 Å². The van der Waals surface area contributed by atoms with Gasteiger partial charge in [0.25, 0.3) is 0 Å². The molecule has 1 saturated carbocycles. The Kier molecular flexibility index (Phi) is 6.73. The summed E-state index contributed by atoms with van der Waals surface area (Å²) in [5.41, 5.74) is 1.16. The van der Waals surface area contributed by atoms with Crippen LogP contribution in [0.1, 0.15) is 69.5 Å². The summed E-state index contributed by atoms with van der Waals surface area (Å²) in [5, 5.41) is 0.257. The third-order valence-corrected chi connectivity index (χ3v) is 9.59. The minimum absolute atomic E-state index is 0.000470. The molecule has 6 heteroatoms. The number of carbonyl (C=O) groups excluding carboxylic acids is 2. The Labute approximate surface area is 182 Å². The van der Waals surface area contributed by atoms with Crippen molar-refractivity contribution in [2.75, 3.05) is 0 Å². The van der Waals surface area contributed by atoms with E-state index in [1.165, 1.54) is 0 Å². The predicted molar refractivity (Wildman–Crippen MR) is 120 cm³/mol. The van der Waals surface area contributed by atoms with Crippen molar-refractivity contribution in [1.82, 2.24) is 0 Å². The zero-order valence-corrected chi connectivity index (χ0v) is 19.3. The van der Waals surface area contributed by atoms with Gasteiger partial charge in [-0.1, -0.05) is 66.2 Å². The Hall–Kier alpha value is -1.41. The average Bonchev–Trinajstić information content (AvgIpc) is 2.66. The van der Waals surface area contributed by atoms with Crippen LogP contribution in [-0.4, -0.2) is 16.7 Å². The molecular formula is C23H25Cl2O3P. The predicted octanol–water partition coefficient (Wildman–Crippen LogP) is 7.60. The summed E-state index contributed by atoms with van der Waals surface area (Å²) in [4.78, 5) is 27.4. The van der Waals surface area contributed by atoms with Crippen molar-refractivity contribution >= 4 is 41.4 Å². The minimum atomic E-state index is -3.99. The normalized spacial score (nSPS) is 17.0. The van der Waals surface area contributed by atoms with Crippen LogP contribution in [0.5, 0.6) is 0 Å². The molecule has 0 bridgehead atoms. The van der Waals surface area contributed by atoms with E-state index in [1.54, 1.807) is 18.2 Å². The second-order valence-electron chi connectivity index (χ2n) is 7.93. The van der Waals surface area contributed by atoms with Gasteiger partial charge >= 0.3 is 0 Å². The molecule has 2 aromatic carbocycles. The van der Waals surface area contributed by atoms with Crippen molar-refractivity contribution in [1.29, 1.82) is 0 Å². The van der Waals surface area contributed by atoms with E-state index in [4.69, 9.17) is 23.2 Å². The fourth-order valence-electron chi connectivity index (χ4n) is 4.42. The SMILES string of the molecule is Cc1cc(C)c(C(=O)P(=O)(C(=O)c2c(Cl)cccc2Cl)C2CCCCC2)c(C)c1. The number of halogens is 2. The highest BCUT2D eigenvalue weighted by molar-refractivity contribution is 7.96. The minimum Gasteiger partial charge on any atom is -0.306 e. The Morgan fingerprint density at radius 2 is 1.34 bits per heavy atom. The average molecular weight is 451 g/mol. The fraction of sp³-hybridized carbons (Fsp3) is 0.391. The molecule has 29 heavy (non-hydrogen) atoms. The van der Waals surface area contributed by atoms with Crippen molar-refractivity contribution in [2.24, 2.45) is 0 Å². The van der Waals surface area contributed by atoms with Crippen molar-refractivity contribution < 1.29 is 14.2 Å². The molecule has 3 rings (SSSR count). The lowest BCUT2D eigenvalue weighted by Gasteiger charge is -2.30. The van der Waals surface area contributed by atoms with E-state index in [2.05, 4.69) is 0 Å². The van der Waals surface area contributed by atoms with Gasteiger partial charge in [0, 0.05) is 11.2 Å². The fourth-order valence-corrected chi connectivity index (χ4v) is 8.32. The highest BCUT2D eigenvalue weighted by atomic mass is 35.5. The number of hydrogen-bond acceptors (Lipinski definition) is 3. The first-order chi connectivity index (χ1) is 13.7. The lowest BCUT2D eigenvalue weighted by molar-refractivity contribution is 0.103. The molecular weight excluding hydrogens is 426 g/mol. The van der Waals surface area contributed by atoms with Gasteiger partial charge in [-0.15, -0.1) is 0 Å². The van der Waals surface area contributed by atoms with Crippen LogP contribution in [0.15, 0.2) is 30.3 Å². The van der Waals surface area contributed by atoms with Crippen LogP contribution in [0.4, 0.5) is 0 Å². The smallest absolute Gasteiger partial charge is 0.232 e. The molecule has 154 valence electrons. The maximum atomic E-state index is 14.4. The molecule has 0 spiro atoms. The summed E-state index contributed by atoms with van der Waals surface area (Å²) >= 11 is 12.5. The van der Waals surface area contributed by atoms with Crippen LogP contribution < -0.4 is 0 Å². The maximum absolute atomic E-state index is 14.4. The van der Waals surface area contributed by atoms with Gasteiger partial charge in [-0.2, -0.15) is 0 Å². The third kappa shape index (κ3) is 4.10. The number of aryl methyl sites for hydroxylation is 3. The summed E-state index contributed by atoms with van der Waals surface area (Å²) in [6, 6.07) is 8.48. The van der Waals surface area contributed by atoms with Gasteiger partial charge in [-0.05, 0) is 56.9 Å². The first-order valence-corrected chi connectivity index (χ1v) is 12.4. The van der Waals surface area contributed by atoms with Crippen LogP contribution >= 0.6 is 30.3 Å². The molecule has 2 aromatic rings. The van der Waals surface area contributed by atoms with Gasteiger partial charge in [0.15, 0.2) is 0 Å². The largest absolute Gasteiger partial charge is 0.306 e. The highest BCUT2D eigenvalue weighted by Crippen LogP contribution is 2.61. The van der Waals surface area contributed by atoms with E-state index >= 15 is 0 Å². The first kappa shape index (κ1) is 22.3. The summed E-state index contributed by atoms with van der Waals surface area (Å²) in [7, 11) is -3.99. The molecule has 0 aromatic heterocycles. The van der Waals surface area contributed by atoms with Crippen LogP contribution in [0.25, 0.3) is 0 Å². The Morgan fingerprint density at radius 1 is 0.862 bits per heavy atom. The molecule has 1 fully saturated rings. The van der Waals surface area contributed by atoms with Crippen molar-refractivity contribution in [3.63, 3.8) is 0 Å². The van der Waals surface area contributed by atoms with Gasteiger partial charge < -0.3 is 4.57 Å². The molecule has 0 amide bonds. The molecule has 1 atom stereocenters. The maximum Gasteiger partial charge on any atom is 0.232 e. The lowest BCUT2D eigenvalue weighted by atomic mass is 10.0. The molecule has 0 radical (unpaired) electrons. The molecule has 1 unspecified atom stereocenters. The molecule has 1 aliphatic carbocycles. The van der Waals surface area contributed by atoms with Crippen LogP contribution in [0, 0.1) is 20.8 Å². The number of carbonyl (C=O) groups is 2.